The molecule has 0 saturated carbocycles. The van der Waals surface area contributed by atoms with E-state index in [1.807, 2.05) is 24.3 Å². The summed E-state index contributed by atoms with van der Waals surface area (Å²) in [6, 6.07) is 14.4. The van der Waals surface area contributed by atoms with Crippen molar-refractivity contribution in [2.45, 2.75) is 26.3 Å². The third kappa shape index (κ3) is 4.12. The smallest absolute Gasteiger partial charge is 0.248 e. The second-order valence-electron chi connectivity index (χ2n) is 6.39. The number of amides is 1. The first kappa shape index (κ1) is 16.5. The van der Waals surface area contributed by atoms with Crippen LogP contribution in [-0.4, -0.2) is 24.4 Å². The first-order chi connectivity index (χ1) is 11.6. The zero-order valence-corrected chi connectivity index (χ0v) is 14.4. The van der Waals surface area contributed by atoms with E-state index in [9.17, 15) is 4.79 Å². The lowest BCUT2D eigenvalue weighted by molar-refractivity contribution is -0.111. The lowest BCUT2D eigenvalue weighted by Crippen LogP contribution is -2.26. The summed E-state index contributed by atoms with van der Waals surface area (Å²) in [5, 5.41) is 2.92. The molecule has 124 valence electrons. The number of nitrogens with one attached hydrogen (secondary N) is 1. The van der Waals surface area contributed by atoms with E-state index in [0.717, 1.165) is 37.2 Å². The molecular weight excluding hydrogens is 296 g/mol. The maximum absolute atomic E-state index is 12.1. The number of anilines is 1. The zero-order chi connectivity index (χ0) is 16.9. The summed E-state index contributed by atoms with van der Waals surface area (Å²) in [7, 11) is 2.14. The Bertz CT molecular complexity index is 764. The van der Waals surface area contributed by atoms with Crippen molar-refractivity contribution in [2.24, 2.45) is 0 Å². The van der Waals surface area contributed by atoms with Gasteiger partial charge in [0.1, 0.15) is 0 Å². The molecule has 3 rings (SSSR count). The van der Waals surface area contributed by atoms with Gasteiger partial charge in [0.2, 0.25) is 5.91 Å². The van der Waals surface area contributed by atoms with E-state index in [1.54, 1.807) is 6.08 Å². The molecule has 1 amide bonds. The van der Waals surface area contributed by atoms with Crippen molar-refractivity contribution in [2.75, 3.05) is 18.9 Å². The fourth-order valence-electron chi connectivity index (χ4n) is 3.05. The Kier molecular flexibility index (Phi) is 5.11. The van der Waals surface area contributed by atoms with Crippen LogP contribution in [0.4, 0.5) is 5.69 Å². The van der Waals surface area contributed by atoms with Gasteiger partial charge in [0.05, 0.1) is 0 Å². The highest BCUT2D eigenvalue weighted by atomic mass is 16.1. The summed E-state index contributed by atoms with van der Waals surface area (Å²) in [4.78, 5) is 14.4. The third-order valence-corrected chi connectivity index (χ3v) is 4.46. The van der Waals surface area contributed by atoms with Crippen molar-refractivity contribution >= 4 is 17.7 Å². The molecule has 3 nitrogen and oxygen atoms in total. The molecule has 0 bridgehead atoms. The van der Waals surface area contributed by atoms with Crippen molar-refractivity contribution in [1.29, 1.82) is 0 Å². The van der Waals surface area contributed by atoms with Crippen molar-refractivity contribution in [1.82, 2.24) is 4.90 Å². The molecule has 3 heteroatoms. The number of carbonyl (C=O) groups excluding carboxylic acids is 1. The monoisotopic (exact) mass is 320 g/mol. The average Bonchev–Trinajstić information content (AvgIpc) is 2.59. The summed E-state index contributed by atoms with van der Waals surface area (Å²) >= 11 is 0. The molecule has 1 heterocycles. The fourth-order valence-corrected chi connectivity index (χ4v) is 3.05. The second kappa shape index (κ2) is 7.45. The van der Waals surface area contributed by atoms with E-state index in [2.05, 4.69) is 48.5 Å². The number of benzene rings is 2. The molecule has 1 aliphatic heterocycles. The number of aryl methyl sites for hydroxylation is 1. The summed E-state index contributed by atoms with van der Waals surface area (Å²) in [5.41, 5.74) is 5.92. The van der Waals surface area contributed by atoms with Crippen LogP contribution in [0, 0.1) is 0 Å². The van der Waals surface area contributed by atoms with Gasteiger partial charge in [0.15, 0.2) is 0 Å². The van der Waals surface area contributed by atoms with Crippen LogP contribution in [0.2, 0.25) is 0 Å². The molecule has 2 aromatic rings. The van der Waals surface area contributed by atoms with E-state index >= 15 is 0 Å². The maximum Gasteiger partial charge on any atom is 0.248 e. The Morgan fingerprint density at radius 2 is 2.08 bits per heavy atom. The molecule has 0 saturated heterocycles. The molecule has 1 aliphatic rings. The minimum atomic E-state index is -0.0990. The summed E-state index contributed by atoms with van der Waals surface area (Å²) in [5.74, 6) is -0.0990. The Morgan fingerprint density at radius 1 is 1.21 bits per heavy atom. The van der Waals surface area contributed by atoms with Crippen LogP contribution >= 0.6 is 0 Å². The Hall–Kier alpha value is -2.39. The molecule has 0 spiro atoms. The standard InChI is InChI=1S/C21H24N2O/c1-3-16-5-4-6-20(14-16)22-21(24)10-8-17-7-9-18-11-12-23(2)15-19(18)13-17/h4-10,13-14H,3,11-12,15H2,1-2H3,(H,22,24)/b10-8+. The van der Waals surface area contributed by atoms with Gasteiger partial charge in [-0.15, -0.1) is 0 Å². The molecule has 24 heavy (non-hydrogen) atoms. The number of fused-ring (bicyclic) bond motifs is 1. The van der Waals surface area contributed by atoms with Gasteiger partial charge >= 0.3 is 0 Å². The van der Waals surface area contributed by atoms with Crippen LogP contribution in [0.5, 0.6) is 0 Å². The lowest BCUT2D eigenvalue weighted by Gasteiger charge is -2.25. The van der Waals surface area contributed by atoms with E-state index < -0.39 is 0 Å². The molecule has 2 aromatic carbocycles. The van der Waals surface area contributed by atoms with Gasteiger partial charge in [-0.1, -0.05) is 37.3 Å². The molecule has 0 radical (unpaired) electrons. The van der Waals surface area contributed by atoms with Crippen LogP contribution in [0.1, 0.15) is 29.2 Å². The molecule has 0 aromatic heterocycles. The predicted octanol–water partition coefficient (Wildman–Crippen LogP) is 3.89. The van der Waals surface area contributed by atoms with E-state index in [1.165, 1.54) is 16.7 Å². The first-order valence-electron chi connectivity index (χ1n) is 8.52. The normalized spacial score (nSPS) is 14.6. The highest BCUT2D eigenvalue weighted by molar-refractivity contribution is 6.01. The van der Waals surface area contributed by atoms with Crippen LogP contribution in [0.25, 0.3) is 6.08 Å². The van der Waals surface area contributed by atoms with Gasteiger partial charge in [-0.2, -0.15) is 0 Å². The van der Waals surface area contributed by atoms with Gasteiger partial charge in [0, 0.05) is 24.9 Å². The first-order valence-corrected chi connectivity index (χ1v) is 8.52. The van der Waals surface area contributed by atoms with Crippen molar-refractivity contribution in [3.8, 4) is 0 Å². The van der Waals surface area contributed by atoms with Gasteiger partial charge in [-0.25, -0.2) is 0 Å². The average molecular weight is 320 g/mol. The number of hydrogen-bond acceptors (Lipinski definition) is 2. The third-order valence-electron chi connectivity index (χ3n) is 4.46. The van der Waals surface area contributed by atoms with E-state index in [-0.39, 0.29) is 5.91 Å². The number of carbonyl (C=O) groups is 1. The van der Waals surface area contributed by atoms with Crippen LogP contribution < -0.4 is 5.32 Å². The molecular formula is C21H24N2O. The summed E-state index contributed by atoms with van der Waals surface area (Å²) in [6.07, 6.45) is 5.55. The van der Waals surface area contributed by atoms with Gasteiger partial charge < -0.3 is 10.2 Å². The van der Waals surface area contributed by atoms with Gasteiger partial charge in [0.25, 0.3) is 0 Å². The Labute approximate surface area is 144 Å². The number of nitrogens with zero attached hydrogens (tertiary/aromatic N) is 1. The van der Waals surface area contributed by atoms with Crippen LogP contribution in [-0.2, 0) is 24.2 Å². The fraction of sp³-hybridized carbons (Fsp3) is 0.286. The SMILES string of the molecule is CCc1cccc(NC(=O)/C=C/c2ccc3c(c2)CN(C)CC3)c1. The second-order valence-corrected chi connectivity index (χ2v) is 6.39. The maximum atomic E-state index is 12.1. The predicted molar refractivity (Wildman–Crippen MR) is 100.0 cm³/mol. The zero-order valence-electron chi connectivity index (χ0n) is 14.4. The quantitative estimate of drug-likeness (QED) is 0.867. The lowest BCUT2D eigenvalue weighted by atomic mass is 9.97. The van der Waals surface area contributed by atoms with E-state index in [0.29, 0.717) is 0 Å². The van der Waals surface area contributed by atoms with Gasteiger partial charge in [-0.3, -0.25) is 4.79 Å². The minimum Gasteiger partial charge on any atom is -0.323 e. The van der Waals surface area contributed by atoms with Crippen LogP contribution in [0.3, 0.4) is 0 Å². The molecule has 0 aliphatic carbocycles. The van der Waals surface area contributed by atoms with Crippen molar-refractivity contribution in [3.63, 3.8) is 0 Å². The molecule has 1 N–H and O–H groups in total. The van der Waals surface area contributed by atoms with E-state index in [4.69, 9.17) is 0 Å². The Balaban J connectivity index is 1.66. The highest BCUT2D eigenvalue weighted by Gasteiger charge is 2.12. The van der Waals surface area contributed by atoms with Gasteiger partial charge in [-0.05, 0) is 60.4 Å². The van der Waals surface area contributed by atoms with Crippen molar-refractivity contribution in [3.05, 3.63) is 70.8 Å². The number of likely N-dealkylation sites (N-methyl/N-ethyl adjacent to an activating group) is 1. The molecule has 0 unspecified atom stereocenters. The highest BCUT2D eigenvalue weighted by Crippen LogP contribution is 2.20. The van der Waals surface area contributed by atoms with Crippen molar-refractivity contribution < 1.29 is 4.79 Å². The molecule has 0 fully saturated rings. The number of hydrogen-bond donors (Lipinski definition) is 1. The topological polar surface area (TPSA) is 32.3 Å². The summed E-state index contributed by atoms with van der Waals surface area (Å²) in [6.45, 7) is 4.20. The molecule has 0 atom stereocenters. The van der Waals surface area contributed by atoms with Crippen LogP contribution in [0.15, 0.2) is 48.5 Å². The summed E-state index contributed by atoms with van der Waals surface area (Å²) < 4.78 is 0. The minimum absolute atomic E-state index is 0.0990. The largest absolute Gasteiger partial charge is 0.323 e. The number of rotatable bonds is 4. The Morgan fingerprint density at radius 3 is 2.92 bits per heavy atom.